The van der Waals surface area contributed by atoms with Crippen LogP contribution in [0.15, 0.2) is 18.2 Å². The van der Waals surface area contributed by atoms with Crippen molar-refractivity contribution < 1.29 is 9.50 Å². The van der Waals surface area contributed by atoms with E-state index in [1.54, 1.807) is 6.07 Å². The van der Waals surface area contributed by atoms with Gasteiger partial charge in [0.25, 0.3) is 0 Å². The number of hydrogen-bond donors (Lipinski definition) is 2. The minimum absolute atomic E-state index is 0.00267. The van der Waals surface area contributed by atoms with E-state index in [0.717, 1.165) is 17.5 Å². The molecule has 0 heterocycles. The van der Waals surface area contributed by atoms with E-state index in [-0.39, 0.29) is 11.6 Å². The molecule has 2 nitrogen and oxygen atoms in total. The second-order valence-electron chi connectivity index (χ2n) is 5.39. The van der Waals surface area contributed by atoms with Crippen molar-refractivity contribution in [2.24, 2.45) is 5.92 Å². The Kier molecular flexibility index (Phi) is 4.59. The number of hydrogen-bond acceptors (Lipinski definition) is 2. The fourth-order valence-corrected chi connectivity index (χ4v) is 2.82. The molecule has 0 amide bonds. The summed E-state index contributed by atoms with van der Waals surface area (Å²) >= 11 is 0. The SMILES string of the molecule is CC(NCc1cc(O)cc(F)c1)C1CCCCC1. The number of phenolic OH excluding ortho intramolecular Hbond substituents is 1. The standard InChI is InChI=1S/C15H22FNO/c1-11(13-5-3-2-4-6-13)17-10-12-7-14(16)9-15(18)8-12/h7-9,11,13,17-18H,2-6,10H2,1H3. The Labute approximate surface area is 108 Å². The second kappa shape index (κ2) is 6.19. The summed E-state index contributed by atoms with van der Waals surface area (Å²) in [5.74, 6) is 0.357. The normalized spacial score (nSPS) is 18.8. The minimum atomic E-state index is -0.378. The van der Waals surface area contributed by atoms with Crippen LogP contribution in [-0.4, -0.2) is 11.1 Å². The van der Waals surface area contributed by atoms with E-state index in [9.17, 15) is 9.50 Å². The Morgan fingerprint density at radius 1 is 1.28 bits per heavy atom. The Morgan fingerprint density at radius 2 is 2.00 bits per heavy atom. The van der Waals surface area contributed by atoms with Gasteiger partial charge in [-0.05, 0) is 43.4 Å². The number of rotatable bonds is 4. The summed E-state index contributed by atoms with van der Waals surface area (Å²) in [5, 5.41) is 12.8. The molecule has 100 valence electrons. The van der Waals surface area contributed by atoms with Crippen LogP contribution in [0.4, 0.5) is 4.39 Å². The molecule has 18 heavy (non-hydrogen) atoms. The highest BCUT2D eigenvalue weighted by Crippen LogP contribution is 2.26. The number of phenols is 1. The molecule has 1 aromatic carbocycles. The molecule has 0 aromatic heterocycles. The molecule has 0 bridgehead atoms. The van der Waals surface area contributed by atoms with Crippen molar-refractivity contribution in [3.63, 3.8) is 0 Å². The van der Waals surface area contributed by atoms with E-state index in [1.165, 1.54) is 38.2 Å². The van der Waals surface area contributed by atoms with Gasteiger partial charge < -0.3 is 10.4 Å². The van der Waals surface area contributed by atoms with Crippen molar-refractivity contribution in [3.05, 3.63) is 29.6 Å². The molecule has 0 saturated heterocycles. The topological polar surface area (TPSA) is 32.3 Å². The molecule has 2 N–H and O–H groups in total. The first kappa shape index (κ1) is 13.3. The van der Waals surface area contributed by atoms with E-state index in [0.29, 0.717) is 12.6 Å². The van der Waals surface area contributed by atoms with Crippen LogP contribution in [0, 0.1) is 11.7 Å². The fourth-order valence-electron chi connectivity index (χ4n) is 2.82. The lowest BCUT2D eigenvalue weighted by atomic mass is 9.84. The largest absolute Gasteiger partial charge is 0.508 e. The zero-order valence-corrected chi connectivity index (χ0v) is 11.0. The molecule has 0 spiro atoms. The van der Waals surface area contributed by atoms with Crippen LogP contribution in [0.25, 0.3) is 0 Å². The van der Waals surface area contributed by atoms with Gasteiger partial charge in [0.15, 0.2) is 0 Å². The van der Waals surface area contributed by atoms with Crippen LogP contribution in [-0.2, 0) is 6.54 Å². The molecule has 1 fully saturated rings. The van der Waals surface area contributed by atoms with E-state index >= 15 is 0 Å². The van der Waals surface area contributed by atoms with Gasteiger partial charge in [-0.25, -0.2) is 4.39 Å². The lowest BCUT2D eigenvalue weighted by Gasteiger charge is -2.28. The predicted octanol–water partition coefficient (Wildman–Crippen LogP) is 3.59. The average molecular weight is 251 g/mol. The van der Waals surface area contributed by atoms with Crippen LogP contribution < -0.4 is 5.32 Å². The molecule has 1 aliphatic carbocycles. The third-order valence-corrected chi connectivity index (χ3v) is 3.93. The third-order valence-electron chi connectivity index (χ3n) is 3.93. The lowest BCUT2D eigenvalue weighted by Crippen LogP contribution is -2.34. The van der Waals surface area contributed by atoms with Crippen molar-refractivity contribution in [2.75, 3.05) is 0 Å². The van der Waals surface area contributed by atoms with Crippen LogP contribution in [0.5, 0.6) is 5.75 Å². The zero-order valence-electron chi connectivity index (χ0n) is 11.0. The van der Waals surface area contributed by atoms with Crippen molar-refractivity contribution in [2.45, 2.75) is 51.6 Å². The third kappa shape index (κ3) is 3.70. The van der Waals surface area contributed by atoms with Gasteiger partial charge >= 0.3 is 0 Å². The van der Waals surface area contributed by atoms with Gasteiger partial charge in [0.05, 0.1) is 0 Å². The quantitative estimate of drug-likeness (QED) is 0.857. The maximum absolute atomic E-state index is 13.1. The summed E-state index contributed by atoms with van der Waals surface area (Å²) in [7, 11) is 0. The van der Waals surface area contributed by atoms with Gasteiger partial charge in [-0.2, -0.15) is 0 Å². The van der Waals surface area contributed by atoms with Crippen molar-refractivity contribution >= 4 is 0 Å². The van der Waals surface area contributed by atoms with Crippen LogP contribution >= 0.6 is 0 Å². The molecule has 0 radical (unpaired) electrons. The summed E-state index contributed by atoms with van der Waals surface area (Å²) in [6.45, 7) is 2.82. The Hall–Kier alpha value is -1.09. The number of benzene rings is 1. The second-order valence-corrected chi connectivity index (χ2v) is 5.39. The molecule has 1 aliphatic rings. The van der Waals surface area contributed by atoms with Gasteiger partial charge in [0, 0.05) is 18.7 Å². The maximum atomic E-state index is 13.1. The Morgan fingerprint density at radius 3 is 2.67 bits per heavy atom. The number of aromatic hydroxyl groups is 1. The van der Waals surface area contributed by atoms with Crippen LogP contribution in [0.3, 0.4) is 0 Å². The average Bonchev–Trinajstić information content (AvgIpc) is 2.36. The van der Waals surface area contributed by atoms with Crippen molar-refractivity contribution in [3.8, 4) is 5.75 Å². The molecule has 1 atom stereocenters. The van der Waals surface area contributed by atoms with Gasteiger partial charge in [-0.3, -0.25) is 0 Å². The van der Waals surface area contributed by atoms with E-state index in [2.05, 4.69) is 12.2 Å². The molecule has 1 aromatic rings. The van der Waals surface area contributed by atoms with E-state index in [1.807, 2.05) is 0 Å². The van der Waals surface area contributed by atoms with Gasteiger partial charge in [0.2, 0.25) is 0 Å². The molecule has 1 saturated carbocycles. The molecular formula is C15H22FNO. The molecule has 3 heteroatoms. The predicted molar refractivity (Wildman–Crippen MR) is 70.9 cm³/mol. The van der Waals surface area contributed by atoms with Crippen molar-refractivity contribution in [1.82, 2.24) is 5.32 Å². The fraction of sp³-hybridized carbons (Fsp3) is 0.600. The maximum Gasteiger partial charge on any atom is 0.127 e. The summed E-state index contributed by atoms with van der Waals surface area (Å²) < 4.78 is 13.1. The number of nitrogens with one attached hydrogen (secondary N) is 1. The van der Waals surface area contributed by atoms with Gasteiger partial charge in [-0.15, -0.1) is 0 Å². The first-order valence-corrected chi connectivity index (χ1v) is 6.87. The first-order chi connectivity index (χ1) is 8.65. The monoisotopic (exact) mass is 251 g/mol. The zero-order chi connectivity index (χ0) is 13.0. The smallest absolute Gasteiger partial charge is 0.127 e. The van der Waals surface area contributed by atoms with Crippen LogP contribution in [0.1, 0.15) is 44.6 Å². The van der Waals surface area contributed by atoms with Gasteiger partial charge in [-0.1, -0.05) is 19.3 Å². The highest BCUT2D eigenvalue weighted by molar-refractivity contribution is 5.28. The molecule has 2 rings (SSSR count). The van der Waals surface area contributed by atoms with Gasteiger partial charge in [0.1, 0.15) is 11.6 Å². The molecular weight excluding hydrogens is 229 g/mol. The Bertz CT molecular complexity index is 368. The summed E-state index contributed by atoms with van der Waals surface area (Å²) in [6, 6.07) is 4.67. The van der Waals surface area contributed by atoms with E-state index < -0.39 is 0 Å². The Balaban J connectivity index is 1.86. The summed E-state index contributed by atoms with van der Waals surface area (Å²) in [5.41, 5.74) is 0.801. The first-order valence-electron chi connectivity index (χ1n) is 6.87. The van der Waals surface area contributed by atoms with E-state index in [4.69, 9.17) is 0 Å². The highest BCUT2D eigenvalue weighted by atomic mass is 19.1. The molecule has 0 aliphatic heterocycles. The highest BCUT2D eigenvalue weighted by Gasteiger charge is 2.19. The molecule has 1 unspecified atom stereocenters. The number of halogens is 1. The summed E-state index contributed by atoms with van der Waals surface area (Å²) in [6.07, 6.45) is 6.61. The van der Waals surface area contributed by atoms with Crippen LogP contribution in [0.2, 0.25) is 0 Å². The van der Waals surface area contributed by atoms with Crippen molar-refractivity contribution in [1.29, 1.82) is 0 Å². The minimum Gasteiger partial charge on any atom is -0.508 e. The summed E-state index contributed by atoms with van der Waals surface area (Å²) in [4.78, 5) is 0. The lowest BCUT2D eigenvalue weighted by molar-refractivity contribution is 0.280.